The molecule has 2 aromatic carbocycles. The summed E-state index contributed by atoms with van der Waals surface area (Å²) in [6.45, 7) is 3.30. The van der Waals surface area contributed by atoms with Crippen LogP contribution in [0, 0.1) is 0 Å². The standard InChI is InChI=1S/C24H20ClN5O2S/c1-15(31)17-8-10-20(11-9-17)27-23(32)16(2)33-24-29-28-22(18-5-4-12-26-14-18)30(24)21-7-3-6-19(25)13-21/h3-14,16H,1-2H3,(H,27,32)/t16-/m0/s1. The molecule has 1 N–H and O–H groups in total. The van der Waals surface area contributed by atoms with Gasteiger partial charge in [0.2, 0.25) is 5.91 Å². The number of hydrogen-bond acceptors (Lipinski definition) is 6. The molecule has 9 heteroatoms. The van der Waals surface area contributed by atoms with E-state index in [-0.39, 0.29) is 11.7 Å². The predicted octanol–water partition coefficient (Wildman–Crippen LogP) is 5.30. The van der Waals surface area contributed by atoms with Crippen LogP contribution in [-0.2, 0) is 4.79 Å². The second-order valence-corrected chi connectivity index (χ2v) is 8.99. The smallest absolute Gasteiger partial charge is 0.237 e. The van der Waals surface area contributed by atoms with E-state index in [1.807, 2.05) is 34.9 Å². The van der Waals surface area contributed by atoms with Gasteiger partial charge in [0.15, 0.2) is 16.8 Å². The topological polar surface area (TPSA) is 89.8 Å². The molecule has 0 aliphatic rings. The Morgan fingerprint density at radius 1 is 1.06 bits per heavy atom. The van der Waals surface area contributed by atoms with Crippen LogP contribution in [0.1, 0.15) is 24.2 Å². The summed E-state index contributed by atoms with van der Waals surface area (Å²) in [5, 5.41) is 12.2. The Bertz CT molecular complexity index is 1290. The quantitative estimate of drug-likeness (QED) is 0.287. The lowest BCUT2D eigenvalue weighted by molar-refractivity contribution is -0.115. The van der Waals surface area contributed by atoms with E-state index in [1.165, 1.54) is 18.7 Å². The fourth-order valence-corrected chi connectivity index (χ4v) is 4.17. The molecule has 2 aromatic heterocycles. The van der Waals surface area contributed by atoms with Crippen molar-refractivity contribution in [1.82, 2.24) is 19.7 Å². The summed E-state index contributed by atoms with van der Waals surface area (Å²) in [7, 11) is 0. The summed E-state index contributed by atoms with van der Waals surface area (Å²) in [6, 6.07) is 17.9. The summed E-state index contributed by atoms with van der Waals surface area (Å²) >= 11 is 7.51. The third kappa shape index (κ3) is 5.30. The fraction of sp³-hybridized carbons (Fsp3) is 0.125. The second kappa shape index (κ2) is 9.97. The summed E-state index contributed by atoms with van der Waals surface area (Å²) in [5.74, 6) is 0.376. The summed E-state index contributed by atoms with van der Waals surface area (Å²) < 4.78 is 1.86. The van der Waals surface area contributed by atoms with Gasteiger partial charge in [-0.3, -0.25) is 19.1 Å². The van der Waals surface area contributed by atoms with Crippen molar-refractivity contribution >= 4 is 40.7 Å². The Balaban J connectivity index is 1.60. The molecule has 0 fully saturated rings. The molecule has 33 heavy (non-hydrogen) atoms. The number of aromatic nitrogens is 4. The maximum absolute atomic E-state index is 12.8. The van der Waals surface area contributed by atoms with Crippen LogP contribution < -0.4 is 5.32 Å². The molecule has 0 saturated carbocycles. The van der Waals surface area contributed by atoms with Crippen molar-refractivity contribution in [1.29, 1.82) is 0 Å². The van der Waals surface area contributed by atoms with Crippen molar-refractivity contribution in [2.75, 3.05) is 5.32 Å². The van der Waals surface area contributed by atoms with Gasteiger partial charge in [-0.15, -0.1) is 10.2 Å². The molecule has 0 saturated heterocycles. The average Bonchev–Trinajstić information content (AvgIpc) is 3.23. The maximum atomic E-state index is 12.8. The number of amides is 1. The highest BCUT2D eigenvalue weighted by Crippen LogP contribution is 2.31. The molecule has 0 spiro atoms. The van der Waals surface area contributed by atoms with Gasteiger partial charge in [0.1, 0.15) is 0 Å². The lowest BCUT2D eigenvalue weighted by atomic mass is 10.1. The molecule has 2 heterocycles. The van der Waals surface area contributed by atoms with Crippen molar-refractivity contribution in [2.45, 2.75) is 24.3 Å². The van der Waals surface area contributed by atoms with E-state index in [1.54, 1.807) is 49.6 Å². The van der Waals surface area contributed by atoms with Gasteiger partial charge in [-0.2, -0.15) is 0 Å². The van der Waals surface area contributed by atoms with Gasteiger partial charge in [-0.05, 0) is 68.4 Å². The minimum Gasteiger partial charge on any atom is -0.325 e. The number of pyridine rings is 1. The van der Waals surface area contributed by atoms with Crippen molar-refractivity contribution in [3.05, 3.63) is 83.6 Å². The number of rotatable bonds is 7. The Morgan fingerprint density at radius 2 is 1.85 bits per heavy atom. The number of Topliss-reactive ketones (excluding diaryl/α,β-unsaturated/α-hetero) is 1. The number of ketones is 1. The normalized spacial score (nSPS) is 11.7. The first kappa shape index (κ1) is 22.7. The van der Waals surface area contributed by atoms with Gasteiger partial charge < -0.3 is 5.32 Å². The zero-order valence-corrected chi connectivity index (χ0v) is 19.5. The molecule has 1 amide bonds. The highest BCUT2D eigenvalue weighted by atomic mass is 35.5. The van der Waals surface area contributed by atoms with Crippen LogP contribution in [0.4, 0.5) is 5.69 Å². The van der Waals surface area contributed by atoms with Crippen molar-refractivity contribution < 1.29 is 9.59 Å². The van der Waals surface area contributed by atoms with Crippen molar-refractivity contribution in [2.24, 2.45) is 0 Å². The number of thioether (sulfide) groups is 1. The Hall–Kier alpha value is -3.49. The zero-order chi connectivity index (χ0) is 23.4. The summed E-state index contributed by atoms with van der Waals surface area (Å²) in [6.07, 6.45) is 3.40. The summed E-state index contributed by atoms with van der Waals surface area (Å²) in [5.41, 5.74) is 2.78. The van der Waals surface area contributed by atoms with E-state index in [0.29, 0.717) is 27.3 Å². The van der Waals surface area contributed by atoms with E-state index in [2.05, 4.69) is 20.5 Å². The molecule has 0 radical (unpaired) electrons. The molecule has 4 rings (SSSR count). The Morgan fingerprint density at radius 3 is 2.52 bits per heavy atom. The van der Waals surface area contributed by atoms with Crippen LogP contribution in [-0.4, -0.2) is 36.7 Å². The minimum absolute atomic E-state index is 0.0263. The van der Waals surface area contributed by atoms with E-state index in [4.69, 9.17) is 11.6 Å². The molecule has 1 atom stereocenters. The van der Waals surface area contributed by atoms with Crippen molar-refractivity contribution in [3.8, 4) is 17.1 Å². The van der Waals surface area contributed by atoms with Gasteiger partial charge >= 0.3 is 0 Å². The SMILES string of the molecule is CC(=O)c1ccc(NC(=O)[C@H](C)Sc2nnc(-c3cccnc3)n2-c2cccc(Cl)c2)cc1. The van der Waals surface area contributed by atoms with Crippen LogP contribution in [0.15, 0.2) is 78.2 Å². The van der Waals surface area contributed by atoms with Gasteiger partial charge in [0, 0.05) is 34.2 Å². The molecule has 0 unspecified atom stereocenters. The molecule has 0 aliphatic carbocycles. The Labute approximate surface area is 200 Å². The third-order valence-electron chi connectivity index (χ3n) is 4.83. The average molecular weight is 478 g/mol. The first-order chi connectivity index (χ1) is 15.9. The lowest BCUT2D eigenvalue weighted by Gasteiger charge is -2.14. The van der Waals surface area contributed by atoms with Crippen LogP contribution >= 0.6 is 23.4 Å². The Kier molecular flexibility index (Phi) is 6.86. The maximum Gasteiger partial charge on any atom is 0.237 e. The molecule has 0 aliphatic heterocycles. The first-order valence-electron chi connectivity index (χ1n) is 10.1. The van der Waals surface area contributed by atoms with E-state index >= 15 is 0 Å². The predicted molar refractivity (Wildman–Crippen MR) is 130 cm³/mol. The van der Waals surface area contributed by atoms with E-state index < -0.39 is 5.25 Å². The summed E-state index contributed by atoms with van der Waals surface area (Å²) in [4.78, 5) is 28.5. The second-order valence-electron chi connectivity index (χ2n) is 7.25. The minimum atomic E-state index is -0.471. The first-order valence-corrected chi connectivity index (χ1v) is 11.4. The highest BCUT2D eigenvalue weighted by molar-refractivity contribution is 8.00. The molecule has 7 nitrogen and oxygen atoms in total. The van der Waals surface area contributed by atoms with Crippen LogP contribution in [0.25, 0.3) is 17.1 Å². The van der Waals surface area contributed by atoms with Crippen LogP contribution in [0.3, 0.4) is 0 Å². The van der Waals surface area contributed by atoms with E-state index in [9.17, 15) is 9.59 Å². The number of carbonyl (C=O) groups excluding carboxylic acids is 2. The van der Waals surface area contributed by atoms with Crippen LogP contribution in [0.2, 0.25) is 5.02 Å². The zero-order valence-electron chi connectivity index (χ0n) is 17.9. The number of nitrogens with one attached hydrogen (secondary N) is 1. The number of benzene rings is 2. The molecular weight excluding hydrogens is 458 g/mol. The lowest BCUT2D eigenvalue weighted by Crippen LogP contribution is -2.23. The molecular formula is C24H20ClN5O2S. The van der Waals surface area contributed by atoms with Crippen molar-refractivity contribution in [3.63, 3.8) is 0 Å². The third-order valence-corrected chi connectivity index (χ3v) is 6.11. The number of halogens is 1. The highest BCUT2D eigenvalue weighted by Gasteiger charge is 2.22. The monoisotopic (exact) mass is 477 g/mol. The van der Waals surface area contributed by atoms with Gasteiger partial charge in [0.25, 0.3) is 0 Å². The van der Waals surface area contributed by atoms with Gasteiger partial charge in [0.05, 0.1) is 10.9 Å². The van der Waals surface area contributed by atoms with Gasteiger partial charge in [-0.1, -0.05) is 29.4 Å². The number of hydrogen-bond donors (Lipinski definition) is 1. The fourth-order valence-electron chi connectivity index (χ4n) is 3.12. The van der Waals surface area contributed by atoms with Gasteiger partial charge in [-0.25, -0.2) is 0 Å². The molecule has 4 aromatic rings. The number of carbonyl (C=O) groups is 2. The number of anilines is 1. The molecule has 0 bridgehead atoms. The molecule has 166 valence electrons. The largest absolute Gasteiger partial charge is 0.325 e. The number of nitrogens with zero attached hydrogens (tertiary/aromatic N) is 4. The van der Waals surface area contributed by atoms with Crippen LogP contribution in [0.5, 0.6) is 0 Å². The van der Waals surface area contributed by atoms with E-state index in [0.717, 1.165) is 11.3 Å².